The fraction of sp³-hybridized carbons (Fsp3) is 0.412. The molecule has 3 rings (SSSR count). The van der Waals surface area contributed by atoms with Gasteiger partial charge in [-0.15, -0.1) is 0 Å². The second-order valence-corrected chi connectivity index (χ2v) is 5.90. The van der Waals surface area contributed by atoms with Crippen LogP contribution in [0, 0.1) is 5.82 Å². The van der Waals surface area contributed by atoms with Crippen LogP contribution in [-0.2, 0) is 9.53 Å². The zero-order valence-electron chi connectivity index (χ0n) is 13.5. The first kappa shape index (κ1) is 16.4. The van der Waals surface area contributed by atoms with E-state index in [1.807, 2.05) is 0 Å². The molecule has 7 heteroatoms. The van der Waals surface area contributed by atoms with E-state index in [2.05, 4.69) is 15.2 Å². The molecule has 1 aliphatic heterocycles. The van der Waals surface area contributed by atoms with Gasteiger partial charge in [0.25, 0.3) is 0 Å². The van der Waals surface area contributed by atoms with Gasteiger partial charge in [-0.3, -0.25) is 4.79 Å². The van der Waals surface area contributed by atoms with Crippen molar-refractivity contribution in [3.63, 3.8) is 0 Å². The van der Waals surface area contributed by atoms with E-state index >= 15 is 0 Å². The third-order valence-electron chi connectivity index (χ3n) is 4.27. The molecular weight excluding hydrogens is 313 g/mol. The lowest BCUT2D eigenvalue weighted by atomic mass is 10.2. The number of H-pyrrole nitrogens is 1. The van der Waals surface area contributed by atoms with E-state index < -0.39 is 11.8 Å². The van der Waals surface area contributed by atoms with Gasteiger partial charge in [0.05, 0.1) is 12.8 Å². The molecule has 0 aliphatic carbocycles. The van der Waals surface area contributed by atoms with Gasteiger partial charge in [-0.1, -0.05) is 0 Å². The summed E-state index contributed by atoms with van der Waals surface area (Å²) in [6.45, 7) is 2.70. The molecule has 128 valence electrons. The summed E-state index contributed by atoms with van der Waals surface area (Å²) in [5, 5.41) is 3.18. The van der Waals surface area contributed by atoms with Crippen LogP contribution in [-0.4, -0.2) is 48.5 Å². The summed E-state index contributed by atoms with van der Waals surface area (Å²) in [4.78, 5) is 29.3. The van der Waals surface area contributed by atoms with Crippen molar-refractivity contribution in [1.29, 1.82) is 0 Å². The van der Waals surface area contributed by atoms with E-state index in [0.717, 1.165) is 25.9 Å². The number of likely N-dealkylation sites (tertiary alicyclic amines) is 1. The number of fused-ring (bicyclic) bond motifs is 1. The van der Waals surface area contributed by atoms with E-state index in [1.54, 1.807) is 0 Å². The van der Waals surface area contributed by atoms with E-state index in [0.29, 0.717) is 23.9 Å². The van der Waals surface area contributed by atoms with E-state index in [1.165, 1.54) is 25.3 Å². The number of carbonyl (C=O) groups excluding carboxylic acids is 2. The van der Waals surface area contributed by atoms with Gasteiger partial charge in [0.2, 0.25) is 5.91 Å². The summed E-state index contributed by atoms with van der Waals surface area (Å²) >= 11 is 0. The molecule has 0 bridgehead atoms. The Morgan fingerprint density at radius 1 is 1.33 bits per heavy atom. The lowest BCUT2D eigenvalue weighted by Gasteiger charge is -2.14. The molecule has 0 radical (unpaired) electrons. The van der Waals surface area contributed by atoms with Crippen molar-refractivity contribution >= 4 is 28.5 Å². The normalized spacial score (nSPS) is 14.9. The van der Waals surface area contributed by atoms with Crippen molar-refractivity contribution < 1.29 is 18.7 Å². The first-order valence-corrected chi connectivity index (χ1v) is 8.00. The average molecular weight is 333 g/mol. The van der Waals surface area contributed by atoms with Crippen LogP contribution in [0.3, 0.4) is 0 Å². The minimum Gasteiger partial charge on any atom is -0.464 e. The molecule has 0 spiro atoms. The predicted molar refractivity (Wildman–Crippen MR) is 88.5 cm³/mol. The third kappa shape index (κ3) is 3.41. The Balaban J connectivity index is 1.81. The summed E-state index contributed by atoms with van der Waals surface area (Å²) in [7, 11) is 1.26. The highest BCUT2D eigenvalue weighted by Gasteiger charge is 2.21. The van der Waals surface area contributed by atoms with E-state index in [9.17, 15) is 14.0 Å². The van der Waals surface area contributed by atoms with Crippen LogP contribution >= 0.6 is 0 Å². The van der Waals surface area contributed by atoms with Gasteiger partial charge in [0, 0.05) is 23.9 Å². The largest absolute Gasteiger partial charge is 0.464 e. The van der Waals surface area contributed by atoms with Crippen molar-refractivity contribution in [2.45, 2.75) is 19.3 Å². The minimum atomic E-state index is -0.610. The molecule has 0 atom stereocenters. The van der Waals surface area contributed by atoms with Gasteiger partial charge in [-0.2, -0.15) is 0 Å². The Labute approximate surface area is 139 Å². The highest BCUT2D eigenvalue weighted by atomic mass is 19.1. The number of carbonyl (C=O) groups is 2. The maximum absolute atomic E-state index is 13.5. The number of ether oxygens (including phenoxy) is 1. The molecule has 1 aromatic heterocycles. The zero-order chi connectivity index (χ0) is 17.1. The Bertz CT molecular complexity index is 766. The van der Waals surface area contributed by atoms with Crippen LogP contribution in [0.25, 0.3) is 10.9 Å². The number of aromatic amines is 1. The van der Waals surface area contributed by atoms with Crippen LogP contribution in [0.4, 0.5) is 10.1 Å². The fourth-order valence-corrected chi connectivity index (χ4v) is 3.02. The number of hydrogen-bond donors (Lipinski definition) is 2. The molecule has 1 aliphatic rings. The van der Waals surface area contributed by atoms with Gasteiger partial charge in [0.15, 0.2) is 0 Å². The molecule has 24 heavy (non-hydrogen) atoms. The van der Waals surface area contributed by atoms with Gasteiger partial charge >= 0.3 is 5.97 Å². The van der Waals surface area contributed by atoms with Gasteiger partial charge in [0.1, 0.15) is 11.5 Å². The third-order valence-corrected chi connectivity index (χ3v) is 4.27. The number of rotatable bonds is 5. The number of benzene rings is 1. The molecule has 1 amide bonds. The lowest BCUT2D eigenvalue weighted by molar-refractivity contribution is -0.116. The number of amides is 1. The summed E-state index contributed by atoms with van der Waals surface area (Å²) < 4.78 is 18.3. The standard InChI is InChI=1S/C17H20FN3O3/c1-24-17(23)16-15(12-10-11(18)4-5-13(12)19-16)20-14(22)6-9-21-7-2-3-8-21/h4-5,10,19H,2-3,6-9H2,1H3,(H,20,22). The summed E-state index contributed by atoms with van der Waals surface area (Å²) in [6.07, 6.45) is 2.65. The molecule has 1 fully saturated rings. The van der Waals surface area contributed by atoms with Crippen molar-refractivity contribution in [3.05, 3.63) is 29.7 Å². The number of nitrogens with one attached hydrogen (secondary N) is 2. The summed E-state index contributed by atoms with van der Waals surface area (Å²) in [5.41, 5.74) is 0.946. The number of esters is 1. The highest BCUT2D eigenvalue weighted by molar-refractivity contribution is 6.10. The number of methoxy groups -OCH3 is 1. The maximum atomic E-state index is 13.5. The lowest BCUT2D eigenvalue weighted by Crippen LogP contribution is -2.25. The van der Waals surface area contributed by atoms with Crippen molar-refractivity contribution in [1.82, 2.24) is 9.88 Å². The monoisotopic (exact) mass is 333 g/mol. The fourth-order valence-electron chi connectivity index (χ4n) is 3.02. The number of nitrogens with zero attached hydrogens (tertiary/aromatic N) is 1. The van der Waals surface area contributed by atoms with Crippen LogP contribution in [0.2, 0.25) is 0 Å². The smallest absolute Gasteiger partial charge is 0.356 e. The average Bonchev–Trinajstić information content (AvgIpc) is 3.20. The van der Waals surface area contributed by atoms with Gasteiger partial charge in [-0.25, -0.2) is 9.18 Å². The molecular formula is C17H20FN3O3. The molecule has 2 heterocycles. The molecule has 0 unspecified atom stereocenters. The SMILES string of the molecule is COC(=O)c1[nH]c2ccc(F)cc2c1NC(=O)CCN1CCCC1. The number of aromatic nitrogens is 1. The predicted octanol–water partition coefficient (Wildman–Crippen LogP) is 2.52. The Hall–Kier alpha value is -2.41. The number of hydrogen-bond acceptors (Lipinski definition) is 4. The Kier molecular flexibility index (Phi) is 4.80. The van der Waals surface area contributed by atoms with Crippen molar-refractivity contribution in [3.8, 4) is 0 Å². The molecule has 6 nitrogen and oxygen atoms in total. The van der Waals surface area contributed by atoms with Crippen LogP contribution in [0.1, 0.15) is 29.8 Å². The van der Waals surface area contributed by atoms with Crippen LogP contribution in [0.15, 0.2) is 18.2 Å². The Morgan fingerprint density at radius 3 is 2.79 bits per heavy atom. The first-order chi connectivity index (χ1) is 11.6. The number of anilines is 1. The second kappa shape index (κ2) is 7.00. The first-order valence-electron chi connectivity index (χ1n) is 8.00. The molecule has 0 saturated carbocycles. The Morgan fingerprint density at radius 2 is 2.08 bits per heavy atom. The molecule has 2 N–H and O–H groups in total. The second-order valence-electron chi connectivity index (χ2n) is 5.90. The molecule has 1 aromatic carbocycles. The number of halogens is 1. The summed E-state index contributed by atoms with van der Waals surface area (Å²) in [6, 6.07) is 4.10. The summed E-state index contributed by atoms with van der Waals surface area (Å²) in [5.74, 6) is -1.26. The maximum Gasteiger partial charge on any atom is 0.356 e. The van der Waals surface area contributed by atoms with Gasteiger partial charge in [-0.05, 0) is 44.1 Å². The zero-order valence-corrected chi connectivity index (χ0v) is 13.5. The topological polar surface area (TPSA) is 74.4 Å². The minimum absolute atomic E-state index is 0.118. The van der Waals surface area contributed by atoms with Crippen molar-refractivity contribution in [2.75, 3.05) is 32.1 Å². The van der Waals surface area contributed by atoms with E-state index in [-0.39, 0.29) is 17.3 Å². The molecule has 2 aromatic rings. The quantitative estimate of drug-likeness (QED) is 0.825. The molecule has 1 saturated heterocycles. The van der Waals surface area contributed by atoms with Crippen LogP contribution < -0.4 is 5.32 Å². The van der Waals surface area contributed by atoms with E-state index in [4.69, 9.17) is 4.74 Å². The van der Waals surface area contributed by atoms with Crippen molar-refractivity contribution in [2.24, 2.45) is 0 Å². The van der Waals surface area contributed by atoms with Crippen LogP contribution in [0.5, 0.6) is 0 Å². The highest BCUT2D eigenvalue weighted by Crippen LogP contribution is 2.29. The van der Waals surface area contributed by atoms with Gasteiger partial charge < -0.3 is 19.9 Å².